The van der Waals surface area contributed by atoms with Gasteiger partial charge in [-0.25, -0.2) is 17.7 Å². The molecule has 3 aromatic carbocycles. The van der Waals surface area contributed by atoms with Crippen LogP contribution in [0.25, 0.3) is 0 Å². The molecule has 0 amide bonds. The molecule has 4 nitrogen and oxygen atoms in total. The quantitative estimate of drug-likeness (QED) is 0.303. The number of nitrogens with one attached hydrogen (secondary N) is 1. The van der Waals surface area contributed by atoms with E-state index in [1.165, 1.54) is 12.1 Å². The van der Waals surface area contributed by atoms with Crippen molar-refractivity contribution in [3.63, 3.8) is 0 Å². The summed E-state index contributed by atoms with van der Waals surface area (Å²) in [5, 5.41) is 9.44. The number of nitrogens with zero attached hydrogens (tertiary/aromatic N) is 1. The van der Waals surface area contributed by atoms with Crippen molar-refractivity contribution in [2.45, 2.75) is 50.0 Å². The average molecular weight is 555 g/mol. The first-order chi connectivity index (χ1) is 17.7. The largest absolute Gasteiger partial charge is 0.461 e. The van der Waals surface area contributed by atoms with Gasteiger partial charge >= 0.3 is 12.5 Å². The van der Waals surface area contributed by atoms with Gasteiger partial charge in [-0.1, -0.05) is 36.4 Å². The second-order valence-corrected chi connectivity index (χ2v) is 11.5. The fourth-order valence-electron chi connectivity index (χ4n) is 3.68. The van der Waals surface area contributed by atoms with Crippen molar-refractivity contribution in [1.82, 2.24) is 4.72 Å². The first-order valence-electron chi connectivity index (χ1n) is 11.3. The molecule has 11 heteroatoms. The highest BCUT2D eigenvalue weighted by atomic mass is 32.2. The molecule has 0 saturated carbocycles. The Morgan fingerprint density at radius 1 is 0.974 bits per heavy atom. The summed E-state index contributed by atoms with van der Waals surface area (Å²) in [4.78, 5) is 0. The maximum Gasteiger partial charge on any atom is 0.461 e. The predicted molar refractivity (Wildman–Crippen MR) is 131 cm³/mol. The fraction of sp³-hybridized carbons (Fsp3) is 0.296. The molecule has 2 atom stereocenters. The summed E-state index contributed by atoms with van der Waals surface area (Å²) >= 11 is 0. The zero-order valence-electron chi connectivity index (χ0n) is 20.6. The molecule has 3 rings (SSSR count). The summed E-state index contributed by atoms with van der Waals surface area (Å²) in [6, 6.07) is 16.1. The molecule has 0 aliphatic rings. The Labute approximate surface area is 218 Å². The Bertz CT molecular complexity index is 1360. The van der Waals surface area contributed by atoms with Crippen molar-refractivity contribution in [2.24, 2.45) is 0 Å². The van der Waals surface area contributed by atoms with Gasteiger partial charge in [0.1, 0.15) is 23.5 Å². The normalized spacial score (nSPS) is 14.6. The van der Waals surface area contributed by atoms with Crippen LogP contribution >= 0.6 is 0 Å². The molecule has 0 aromatic heterocycles. The number of ether oxygens (including phenoxy) is 1. The molecule has 0 saturated heterocycles. The van der Waals surface area contributed by atoms with Crippen molar-refractivity contribution in [2.75, 3.05) is 0 Å². The second-order valence-electron chi connectivity index (χ2n) is 9.50. The van der Waals surface area contributed by atoms with Gasteiger partial charge in [0.05, 0.1) is 26.8 Å². The van der Waals surface area contributed by atoms with Gasteiger partial charge in [-0.2, -0.15) is 22.8 Å². The SMILES string of the molecule is CC(C)(C)[S@@](=O)N[C@](Cc1ccccc1)(c1cc(F)cc(OC(F)(F)C(F)F)c1)c1ccc(F)c(C#N)c1. The van der Waals surface area contributed by atoms with Crippen LogP contribution in [-0.4, -0.2) is 21.5 Å². The van der Waals surface area contributed by atoms with Gasteiger partial charge in [0.25, 0.3) is 0 Å². The van der Waals surface area contributed by atoms with Crippen LogP contribution in [0, 0.1) is 23.0 Å². The van der Waals surface area contributed by atoms with Crippen LogP contribution in [-0.2, 0) is 22.9 Å². The monoisotopic (exact) mass is 554 g/mol. The molecule has 0 spiro atoms. The highest BCUT2D eigenvalue weighted by molar-refractivity contribution is 7.84. The molecule has 3 aromatic rings. The third kappa shape index (κ3) is 6.55. The summed E-state index contributed by atoms with van der Waals surface area (Å²) in [7, 11) is -1.89. The standard InChI is InChI=1S/C27H24F6N2O2S/c1-25(2,3)38(36)35-26(15-17-7-5-4-6-8-17,19-9-10-23(29)18(11-19)16-34)20-12-21(28)14-22(13-20)37-27(32,33)24(30)31/h4-14,24,35H,15H2,1-3H3/t26-,38+/m0/s1. The van der Waals surface area contributed by atoms with Crippen LogP contribution in [0.2, 0.25) is 0 Å². The first kappa shape index (κ1) is 29.2. The smallest absolute Gasteiger partial charge is 0.428 e. The van der Waals surface area contributed by atoms with Crippen LogP contribution in [0.5, 0.6) is 5.75 Å². The molecule has 0 radical (unpaired) electrons. The van der Waals surface area contributed by atoms with Gasteiger partial charge in [-0.15, -0.1) is 0 Å². The molecular formula is C27H24F6N2O2S. The highest BCUT2D eigenvalue weighted by Crippen LogP contribution is 2.39. The van der Waals surface area contributed by atoms with Crippen LogP contribution < -0.4 is 9.46 Å². The van der Waals surface area contributed by atoms with Crippen molar-refractivity contribution in [3.8, 4) is 11.8 Å². The van der Waals surface area contributed by atoms with E-state index in [0.717, 1.165) is 18.2 Å². The molecule has 38 heavy (non-hydrogen) atoms. The molecule has 0 heterocycles. The first-order valence-corrected chi connectivity index (χ1v) is 12.4. The van der Waals surface area contributed by atoms with Gasteiger partial charge in [0, 0.05) is 6.07 Å². The van der Waals surface area contributed by atoms with Crippen LogP contribution in [0.4, 0.5) is 26.3 Å². The Morgan fingerprint density at radius 2 is 1.63 bits per heavy atom. The lowest BCUT2D eigenvalue weighted by atomic mass is 9.78. The number of hydrogen-bond donors (Lipinski definition) is 1. The van der Waals surface area contributed by atoms with E-state index in [0.29, 0.717) is 11.6 Å². The van der Waals surface area contributed by atoms with E-state index >= 15 is 0 Å². The summed E-state index contributed by atoms with van der Waals surface area (Å²) in [5.74, 6) is -2.86. The van der Waals surface area contributed by atoms with Crippen molar-refractivity contribution >= 4 is 11.0 Å². The minimum absolute atomic E-state index is 0.0830. The van der Waals surface area contributed by atoms with E-state index < -0.39 is 51.2 Å². The number of nitriles is 1. The zero-order chi connectivity index (χ0) is 28.3. The average Bonchev–Trinajstić information content (AvgIpc) is 2.83. The van der Waals surface area contributed by atoms with E-state index in [-0.39, 0.29) is 23.1 Å². The molecule has 1 N–H and O–H groups in total. The number of alkyl halides is 4. The lowest BCUT2D eigenvalue weighted by Gasteiger charge is -2.38. The predicted octanol–water partition coefficient (Wildman–Crippen LogP) is 6.61. The molecule has 0 aliphatic heterocycles. The number of hydrogen-bond acceptors (Lipinski definition) is 3. The maximum atomic E-state index is 14.8. The lowest BCUT2D eigenvalue weighted by Crippen LogP contribution is -2.50. The fourth-order valence-corrected chi connectivity index (χ4v) is 4.61. The van der Waals surface area contributed by atoms with Crippen molar-refractivity contribution in [1.29, 1.82) is 5.26 Å². The molecular weight excluding hydrogens is 530 g/mol. The molecule has 0 aliphatic carbocycles. The summed E-state index contributed by atoms with van der Waals surface area (Å²) < 4.78 is 102. The van der Waals surface area contributed by atoms with Gasteiger partial charge in [0.2, 0.25) is 0 Å². The summed E-state index contributed by atoms with van der Waals surface area (Å²) in [5.41, 5.74) is -1.47. The Kier molecular flexibility index (Phi) is 8.58. The topological polar surface area (TPSA) is 62.1 Å². The van der Waals surface area contributed by atoms with E-state index in [1.807, 2.05) is 0 Å². The maximum absolute atomic E-state index is 14.8. The Morgan fingerprint density at radius 3 is 2.21 bits per heavy atom. The number of rotatable bonds is 9. The molecule has 0 bridgehead atoms. The van der Waals surface area contributed by atoms with Gasteiger partial charge < -0.3 is 4.74 Å². The van der Waals surface area contributed by atoms with E-state index in [1.54, 1.807) is 57.2 Å². The van der Waals surface area contributed by atoms with E-state index in [2.05, 4.69) is 9.46 Å². The Hall–Kier alpha value is -3.36. The minimum Gasteiger partial charge on any atom is -0.428 e. The number of benzene rings is 3. The third-order valence-electron chi connectivity index (χ3n) is 5.59. The lowest BCUT2D eigenvalue weighted by molar-refractivity contribution is -0.253. The van der Waals surface area contributed by atoms with Gasteiger partial charge in [-0.05, 0) is 68.1 Å². The van der Waals surface area contributed by atoms with Crippen molar-refractivity contribution < 1.29 is 35.3 Å². The van der Waals surface area contributed by atoms with Gasteiger partial charge in [-0.3, -0.25) is 0 Å². The molecule has 0 fully saturated rings. The number of halogens is 6. The van der Waals surface area contributed by atoms with Gasteiger partial charge in [0.15, 0.2) is 0 Å². The zero-order valence-corrected chi connectivity index (χ0v) is 21.4. The minimum atomic E-state index is -4.92. The summed E-state index contributed by atoms with van der Waals surface area (Å²) in [6.07, 6.45) is -9.19. The second kappa shape index (κ2) is 11.2. The van der Waals surface area contributed by atoms with Crippen molar-refractivity contribution in [3.05, 3.63) is 101 Å². The third-order valence-corrected chi connectivity index (χ3v) is 7.23. The van der Waals surface area contributed by atoms with Crippen LogP contribution in [0.15, 0.2) is 66.7 Å². The van der Waals surface area contributed by atoms with E-state index in [4.69, 9.17) is 0 Å². The van der Waals surface area contributed by atoms with Crippen LogP contribution in [0.3, 0.4) is 0 Å². The molecule has 202 valence electrons. The Balaban J connectivity index is 2.36. The molecule has 0 unspecified atom stereocenters. The summed E-state index contributed by atoms with van der Waals surface area (Å²) in [6.45, 7) is 4.95. The van der Waals surface area contributed by atoms with E-state index in [9.17, 15) is 35.8 Å². The highest BCUT2D eigenvalue weighted by Gasteiger charge is 2.45. The van der Waals surface area contributed by atoms with Crippen LogP contribution in [0.1, 0.15) is 43.0 Å².